The summed E-state index contributed by atoms with van der Waals surface area (Å²) in [5.41, 5.74) is 6.52. The zero-order valence-electron chi connectivity index (χ0n) is 9.47. The lowest BCUT2D eigenvalue weighted by atomic mass is 9.94. The first-order valence-electron chi connectivity index (χ1n) is 6.15. The van der Waals surface area contributed by atoms with Gasteiger partial charge in [0.1, 0.15) is 0 Å². The SMILES string of the molecule is CN(CCC1(N)CCCC1)CC1CC1. The van der Waals surface area contributed by atoms with Crippen LogP contribution in [0.3, 0.4) is 0 Å². The van der Waals surface area contributed by atoms with E-state index in [1.807, 2.05) is 0 Å². The number of nitrogens with two attached hydrogens (primary N) is 1. The summed E-state index contributed by atoms with van der Waals surface area (Å²) >= 11 is 0. The van der Waals surface area contributed by atoms with Gasteiger partial charge in [-0.15, -0.1) is 0 Å². The van der Waals surface area contributed by atoms with Crippen molar-refractivity contribution in [3.8, 4) is 0 Å². The van der Waals surface area contributed by atoms with E-state index in [0.717, 1.165) is 5.92 Å². The maximum atomic E-state index is 6.33. The van der Waals surface area contributed by atoms with E-state index < -0.39 is 0 Å². The molecule has 0 bridgehead atoms. The maximum absolute atomic E-state index is 6.33. The lowest BCUT2D eigenvalue weighted by Crippen LogP contribution is -2.40. The summed E-state index contributed by atoms with van der Waals surface area (Å²) in [6.45, 7) is 2.50. The van der Waals surface area contributed by atoms with Crippen LogP contribution < -0.4 is 5.73 Å². The average Bonchev–Trinajstić information content (AvgIpc) is 2.85. The van der Waals surface area contributed by atoms with Crippen LogP contribution >= 0.6 is 0 Å². The molecule has 0 aromatic carbocycles. The predicted octanol–water partition coefficient (Wildman–Crippen LogP) is 1.99. The molecule has 2 saturated carbocycles. The molecule has 0 amide bonds. The molecule has 0 aromatic rings. The summed E-state index contributed by atoms with van der Waals surface area (Å²) in [5.74, 6) is 1.01. The van der Waals surface area contributed by atoms with E-state index in [1.54, 1.807) is 0 Å². The van der Waals surface area contributed by atoms with E-state index in [4.69, 9.17) is 5.73 Å². The van der Waals surface area contributed by atoms with Crippen molar-refractivity contribution >= 4 is 0 Å². The van der Waals surface area contributed by atoms with Gasteiger partial charge in [0.05, 0.1) is 0 Å². The van der Waals surface area contributed by atoms with Gasteiger partial charge in [-0.05, 0) is 51.6 Å². The lowest BCUT2D eigenvalue weighted by molar-refractivity contribution is 0.271. The zero-order valence-corrected chi connectivity index (χ0v) is 9.47. The molecule has 0 heterocycles. The topological polar surface area (TPSA) is 29.3 Å². The van der Waals surface area contributed by atoms with Crippen LogP contribution in [0.15, 0.2) is 0 Å². The fourth-order valence-corrected chi connectivity index (χ4v) is 2.58. The summed E-state index contributed by atoms with van der Waals surface area (Å²) in [5, 5.41) is 0. The maximum Gasteiger partial charge on any atom is 0.0166 e. The highest BCUT2D eigenvalue weighted by atomic mass is 15.1. The van der Waals surface area contributed by atoms with Gasteiger partial charge in [0.25, 0.3) is 0 Å². The highest BCUT2D eigenvalue weighted by molar-refractivity contribution is 4.90. The van der Waals surface area contributed by atoms with Crippen molar-refractivity contribution in [2.75, 3.05) is 20.1 Å². The molecule has 0 saturated heterocycles. The smallest absolute Gasteiger partial charge is 0.0166 e. The second kappa shape index (κ2) is 4.19. The highest BCUT2D eigenvalue weighted by Gasteiger charge is 2.29. The Morgan fingerprint density at radius 3 is 2.50 bits per heavy atom. The molecule has 0 unspecified atom stereocenters. The number of hydrogen-bond acceptors (Lipinski definition) is 2. The monoisotopic (exact) mass is 196 g/mol. The molecule has 2 nitrogen and oxygen atoms in total. The molecule has 2 N–H and O–H groups in total. The van der Waals surface area contributed by atoms with Gasteiger partial charge in [-0.3, -0.25) is 0 Å². The summed E-state index contributed by atoms with van der Waals surface area (Å²) in [4.78, 5) is 2.48. The first-order valence-corrected chi connectivity index (χ1v) is 6.15. The minimum atomic E-state index is 0.192. The van der Waals surface area contributed by atoms with Gasteiger partial charge in [-0.1, -0.05) is 12.8 Å². The highest BCUT2D eigenvalue weighted by Crippen LogP contribution is 2.31. The molecule has 14 heavy (non-hydrogen) atoms. The van der Waals surface area contributed by atoms with E-state index in [2.05, 4.69) is 11.9 Å². The third-order valence-corrected chi connectivity index (χ3v) is 3.86. The van der Waals surface area contributed by atoms with Crippen LogP contribution in [0.2, 0.25) is 0 Å². The van der Waals surface area contributed by atoms with Crippen LogP contribution in [-0.2, 0) is 0 Å². The summed E-state index contributed by atoms with van der Waals surface area (Å²) in [6.07, 6.45) is 9.33. The van der Waals surface area contributed by atoms with E-state index in [9.17, 15) is 0 Å². The third kappa shape index (κ3) is 2.96. The summed E-state index contributed by atoms with van der Waals surface area (Å²) < 4.78 is 0. The first kappa shape index (κ1) is 10.4. The fourth-order valence-electron chi connectivity index (χ4n) is 2.58. The van der Waals surface area contributed by atoms with Crippen molar-refractivity contribution in [2.45, 2.75) is 50.5 Å². The summed E-state index contributed by atoms with van der Waals surface area (Å²) in [6, 6.07) is 0. The van der Waals surface area contributed by atoms with Gasteiger partial charge in [0.2, 0.25) is 0 Å². The molecule has 2 heteroatoms. The van der Waals surface area contributed by atoms with Gasteiger partial charge in [-0.25, -0.2) is 0 Å². The molecular weight excluding hydrogens is 172 g/mol. The van der Waals surface area contributed by atoms with Crippen molar-refractivity contribution < 1.29 is 0 Å². The minimum Gasteiger partial charge on any atom is -0.325 e. The van der Waals surface area contributed by atoms with Crippen molar-refractivity contribution in [3.05, 3.63) is 0 Å². The van der Waals surface area contributed by atoms with Crippen LogP contribution in [0.5, 0.6) is 0 Å². The first-order chi connectivity index (χ1) is 6.68. The van der Waals surface area contributed by atoms with Crippen molar-refractivity contribution in [3.63, 3.8) is 0 Å². The Morgan fingerprint density at radius 2 is 1.93 bits per heavy atom. The zero-order chi connectivity index (χ0) is 10.0. The van der Waals surface area contributed by atoms with Gasteiger partial charge in [-0.2, -0.15) is 0 Å². The Bertz CT molecular complexity index is 181. The van der Waals surface area contributed by atoms with Crippen LogP contribution in [-0.4, -0.2) is 30.6 Å². The summed E-state index contributed by atoms with van der Waals surface area (Å²) in [7, 11) is 2.25. The van der Waals surface area contributed by atoms with Crippen LogP contribution in [0, 0.1) is 5.92 Å². The second-order valence-electron chi connectivity index (χ2n) is 5.53. The van der Waals surface area contributed by atoms with Crippen molar-refractivity contribution in [1.29, 1.82) is 0 Å². The molecule has 2 fully saturated rings. The molecule has 2 rings (SSSR count). The van der Waals surface area contributed by atoms with Crippen LogP contribution in [0.1, 0.15) is 44.9 Å². The Balaban J connectivity index is 1.64. The average molecular weight is 196 g/mol. The molecular formula is C12H24N2. The second-order valence-corrected chi connectivity index (χ2v) is 5.53. The minimum absolute atomic E-state index is 0.192. The van der Waals surface area contributed by atoms with E-state index in [-0.39, 0.29) is 5.54 Å². The standard InChI is InChI=1S/C12H24N2/c1-14(10-11-4-5-11)9-8-12(13)6-2-3-7-12/h11H,2-10,13H2,1H3. The number of hydrogen-bond donors (Lipinski definition) is 1. The Hall–Kier alpha value is -0.0800. The van der Waals surface area contributed by atoms with E-state index in [0.29, 0.717) is 0 Å². The molecule has 0 radical (unpaired) electrons. The van der Waals surface area contributed by atoms with Crippen LogP contribution in [0.4, 0.5) is 0 Å². The van der Waals surface area contributed by atoms with E-state index in [1.165, 1.54) is 58.0 Å². The number of rotatable bonds is 5. The van der Waals surface area contributed by atoms with Gasteiger partial charge in [0, 0.05) is 12.1 Å². The molecule has 2 aliphatic carbocycles. The van der Waals surface area contributed by atoms with Gasteiger partial charge in [0.15, 0.2) is 0 Å². The van der Waals surface area contributed by atoms with Crippen molar-refractivity contribution in [1.82, 2.24) is 4.90 Å². The quantitative estimate of drug-likeness (QED) is 0.728. The Morgan fingerprint density at radius 1 is 1.29 bits per heavy atom. The van der Waals surface area contributed by atoms with Gasteiger partial charge >= 0.3 is 0 Å². The van der Waals surface area contributed by atoms with E-state index >= 15 is 0 Å². The third-order valence-electron chi connectivity index (χ3n) is 3.86. The molecule has 0 atom stereocenters. The van der Waals surface area contributed by atoms with Crippen molar-refractivity contribution in [2.24, 2.45) is 11.7 Å². The molecule has 82 valence electrons. The van der Waals surface area contributed by atoms with Gasteiger partial charge < -0.3 is 10.6 Å². The fraction of sp³-hybridized carbons (Fsp3) is 1.00. The Labute approximate surface area is 87.8 Å². The predicted molar refractivity (Wildman–Crippen MR) is 60.2 cm³/mol. The molecule has 0 aliphatic heterocycles. The largest absolute Gasteiger partial charge is 0.325 e. The Kier molecular flexibility index (Phi) is 3.13. The molecule has 0 aromatic heterocycles. The molecule has 0 spiro atoms. The molecule has 2 aliphatic rings. The van der Waals surface area contributed by atoms with Crippen LogP contribution in [0.25, 0.3) is 0 Å². The lowest BCUT2D eigenvalue weighted by Gasteiger charge is -2.26. The number of nitrogens with zero attached hydrogens (tertiary/aromatic N) is 1. The normalized spacial score (nSPS) is 25.9.